The summed E-state index contributed by atoms with van der Waals surface area (Å²) in [5, 5.41) is 7.03. The van der Waals surface area contributed by atoms with Crippen molar-refractivity contribution in [2.45, 2.75) is 0 Å². The molecular formula is C19H12FN3O2S. The summed E-state index contributed by atoms with van der Waals surface area (Å²) < 4.78 is 18.9. The van der Waals surface area contributed by atoms with Gasteiger partial charge in [-0.3, -0.25) is 5.43 Å². The molecule has 128 valence electrons. The van der Waals surface area contributed by atoms with Crippen molar-refractivity contribution in [3.05, 3.63) is 81.8 Å². The van der Waals surface area contributed by atoms with Gasteiger partial charge in [-0.2, -0.15) is 5.10 Å². The molecule has 1 N–H and O–H groups in total. The Hall–Kier alpha value is -3.32. The molecular weight excluding hydrogens is 353 g/mol. The monoisotopic (exact) mass is 365 g/mol. The number of anilines is 1. The van der Waals surface area contributed by atoms with Crippen LogP contribution in [0.15, 0.2) is 74.3 Å². The minimum atomic E-state index is -0.449. The first kappa shape index (κ1) is 16.2. The number of hydrogen-bond donors (Lipinski definition) is 1. The van der Waals surface area contributed by atoms with E-state index in [-0.39, 0.29) is 5.82 Å². The number of benzene rings is 2. The number of nitrogens with one attached hydrogen (secondary N) is 1. The van der Waals surface area contributed by atoms with E-state index in [1.165, 1.54) is 23.6 Å². The highest BCUT2D eigenvalue weighted by Crippen LogP contribution is 2.25. The zero-order valence-corrected chi connectivity index (χ0v) is 14.2. The highest BCUT2D eigenvalue weighted by molar-refractivity contribution is 7.14. The first-order chi connectivity index (χ1) is 12.7. The maximum absolute atomic E-state index is 13.5. The summed E-state index contributed by atoms with van der Waals surface area (Å²) >= 11 is 1.29. The van der Waals surface area contributed by atoms with Gasteiger partial charge in [-0.15, -0.1) is 11.3 Å². The molecule has 2 aromatic heterocycles. The largest absolute Gasteiger partial charge is 0.422 e. The third kappa shape index (κ3) is 3.25. The molecule has 0 spiro atoms. The number of hydrazone groups is 1. The third-order valence-electron chi connectivity index (χ3n) is 3.69. The van der Waals surface area contributed by atoms with Gasteiger partial charge in [-0.1, -0.05) is 36.4 Å². The average molecular weight is 365 g/mol. The number of halogens is 1. The standard InChI is InChI=1S/C19H12FN3O2S/c20-15-7-3-1-6-13(15)10-21-23-19-22-16(11-26-19)14-9-12-5-2-4-8-17(12)25-18(14)24/h1-11H,(H,22,23). The predicted molar refractivity (Wildman–Crippen MR) is 101 cm³/mol. The van der Waals surface area contributed by atoms with Gasteiger partial charge in [0.1, 0.15) is 11.4 Å². The van der Waals surface area contributed by atoms with Crippen molar-refractivity contribution < 1.29 is 8.81 Å². The maximum Gasteiger partial charge on any atom is 0.345 e. The Morgan fingerprint density at radius 3 is 2.85 bits per heavy atom. The highest BCUT2D eigenvalue weighted by Gasteiger charge is 2.11. The van der Waals surface area contributed by atoms with E-state index in [0.29, 0.717) is 27.5 Å². The molecule has 0 fully saturated rings. The number of rotatable bonds is 4. The van der Waals surface area contributed by atoms with Crippen LogP contribution in [0.5, 0.6) is 0 Å². The molecule has 0 aliphatic rings. The van der Waals surface area contributed by atoms with Gasteiger partial charge < -0.3 is 4.42 Å². The molecule has 0 unspecified atom stereocenters. The van der Waals surface area contributed by atoms with Crippen molar-refractivity contribution in [3.8, 4) is 11.3 Å². The van der Waals surface area contributed by atoms with Crippen LogP contribution in [0.3, 0.4) is 0 Å². The van der Waals surface area contributed by atoms with Gasteiger partial charge >= 0.3 is 5.63 Å². The molecule has 2 heterocycles. The Kier molecular flexibility index (Phi) is 4.28. The first-order valence-electron chi connectivity index (χ1n) is 7.73. The summed E-state index contributed by atoms with van der Waals surface area (Å²) in [6, 6.07) is 15.4. The number of aromatic nitrogens is 1. The van der Waals surface area contributed by atoms with Gasteiger partial charge in [0.2, 0.25) is 5.13 Å². The van der Waals surface area contributed by atoms with Crippen LogP contribution in [0.25, 0.3) is 22.2 Å². The fourth-order valence-corrected chi connectivity index (χ4v) is 3.09. The van der Waals surface area contributed by atoms with Crippen LogP contribution >= 0.6 is 11.3 Å². The molecule has 0 saturated heterocycles. The zero-order chi connectivity index (χ0) is 17.9. The predicted octanol–water partition coefficient (Wildman–Crippen LogP) is 4.50. The van der Waals surface area contributed by atoms with Crippen molar-refractivity contribution in [1.29, 1.82) is 0 Å². The molecule has 0 radical (unpaired) electrons. The lowest BCUT2D eigenvalue weighted by molar-refractivity contribution is 0.563. The van der Waals surface area contributed by atoms with Crippen LogP contribution < -0.4 is 11.1 Å². The Labute approximate surface area is 151 Å². The molecule has 2 aromatic carbocycles. The quantitative estimate of drug-likeness (QED) is 0.328. The fourth-order valence-electron chi connectivity index (χ4n) is 2.43. The summed E-state index contributed by atoms with van der Waals surface area (Å²) in [5.74, 6) is -0.355. The Balaban J connectivity index is 1.58. The van der Waals surface area contributed by atoms with E-state index < -0.39 is 5.63 Å². The highest BCUT2D eigenvalue weighted by atomic mass is 32.1. The Morgan fingerprint density at radius 2 is 1.96 bits per heavy atom. The molecule has 0 amide bonds. The van der Waals surface area contributed by atoms with Crippen molar-refractivity contribution in [2.24, 2.45) is 5.10 Å². The minimum Gasteiger partial charge on any atom is -0.422 e. The molecule has 0 aliphatic heterocycles. The molecule has 5 nitrogen and oxygen atoms in total. The van der Waals surface area contributed by atoms with Gasteiger partial charge in [0.25, 0.3) is 0 Å². The van der Waals surface area contributed by atoms with E-state index in [2.05, 4.69) is 15.5 Å². The van der Waals surface area contributed by atoms with E-state index >= 15 is 0 Å². The molecule has 0 bridgehead atoms. The molecule has 26 heavy (non-hydrogen) atoms. The third-order valence-corrected chi connectivity index (χ3v) is 4.44. The number of hydrogen-bond acceptors (Lipinski definition) is 6. The van der Waals surface area contributed by atoms with Gasteiger partial charge in [0, 0.05) is 16.3 Å². The van der Waals surface area contributed by atoms with Gasteiger partial charge in [0.05, 0.1) is 17.5 Å². The topological polar surface area (TPSA) is 67.5 Å². The van der Waals surface area contributed by atoms with Crippen LogP contribution in [-0.2, 0) is 0 Å². The SMILES string of the molecule is O=c1oc2ccccc2cc1-c1csc(NN=Cc2ccccc2F)n1. The summed E-state index contributed by atoms with van der Waals surface area (Å²) in [6.45, 7) is 0. The number of thiazole rings is 1. The van der Waals surface area contributed by atoms with E-state index in [9.17, 15) is 9.18 Å². The van der Waals surface area contributed by atoms with E-state index in [1.54, 1.807) is 35.7 Å². The second-order valence-electron chi connectivity index (χ2n) is 5.41. The zero-order valence-electron chi connectivity index (χ0n) is 13.3. The number of fused-ring (bicyclic) bond motifs is 1. The Morgan fingerprint density at radius 1 is 1.15 bits per heavy atom. The van der Waals surface area contributed by atoms with Gasteiger partial charge in [-0.25, -0.2) is 14.2 Å². The summed E-state index contributed by atoms with van der Waals surface area (Å²) in [5.41, 5.74) is 4.07. The number of para-hydroxylation sites is 1. The van der Waals surface area contributed by atoms with E-state index in [1.807, 2.05) is 18.2 Å². The normalized spacial score (nSPS) is 11.3. The van der Waals surface area contributed by atoms with E-state index in [4.69, 9.17) is 4.42 Å². The smallest absolute Gasteiger partial charge is 0.345 e. The van der Waals surface area contributed by atoms with Crippen molar-refractivity contribution >= 4 is 33.7 Å². The Bertz CT molecular complexity index is 1170. The lowest BCUT2D eigenvalue weighted by Gasteiger charge is -1.99. The summed E-state index contributed by atoms with van der Waals surface area (Å²) in [6.07, 6.45) is 1.38. The average Bonchev–Trinajstić information content (AvgIpc) is 3.11. The maximum atomic E-state index is 13.5. The minimum absolute atomic E-state index is 0.355. The van der Waals surface area contributed by atoms with Crippen molar-refractivity contribution in [2.75, 3.05) is 5.43 Å². The van der Waals surface area contributed by atoms with E-state index in [0.717, 1.165) is 5.39 Å². The van der Waals surface area contributed by atoms with Crippen LogP contribution in [0.4, 0.5) is 9.52 Å². The first-order valence-corrected chi connectivity index (χ1v) is 8.61. The number of nitrogens with zero attached hydrogens (tertiary/aromatic N) is 2. The van der Waals surface area contributed by atoms with Gasteiger partial charge in [-0.05, 0) is 18.2 Å². The molecule has 7 heteroatoms. The summed E-state index contributed by atoms with van der Waals surface area (Å²) in [4.78, 5) is 16.5. The second kappa shape index (κ2) is 6.89. The second-order valence-corrected chi connectivity index (χ2v) is 6.27. The van der Waals surface area contributed by atoms with Gasteiger partial charge in [0.15, 0.2) is 0 Å². The molecule has 0 saturated carbocycles. The summed E-state index contributed by atoms with van der Waals surface area (Å²) in [7, 11) is 0. The lowest BCUT2D eigenvalue weighted by atomic mass is 10.1. The lowest BCUT2D eigenvalue weighted by Crippen LogP contribution is -2.02. The fraction of sp³-hybridized carbons (Fsp3) is 0. The van der Waals surface area contributed by atoms with Crippen molar-refractivity contribution in [1.82, 2.24) is 4.98 Å². The molecule has 4 rings (SSSR count). The molecule has 0 aliphatic carbocycles. The van der Waals surface area contributed by atoms with Crippen molar-refractivity contribution in [3.63, 3.8) is 0 Å². The molecule has 4 aromatic rings. The van der Waals surface area contributed by atoms with Crippen LogP contribution in [0, 0.1) is 5.82 Å². The van der Waals surface area contributed by atoms with Crippen LogP contribution in [0.2, 0.25) is 0 Å². The van der Waals surface area contributed by atoms with Crippen LogP contribution in [-0.4, -0.2) is 11.2 Å². The van der Waals surface area contributed by atoms with Crippen LogP contribution in [0.1, 0.15) is 5.56 Å². The molecule has 0 atom stereocenters.